The molecule has 3 aromatic rings. The normalized spacial score (nSPS) is 10.4. The molecule has 132 valence electrons. The summed E-state index contributed by atoms with van der Waals surface area (Å²) < 4.78 is 13.6. The molecule has 0 fully saturated rings. The molecule has 0 unspecified atom stereocenters. The molecule has 26 heavy (non-hydrogen) atoms. The van der Waals surface area contributed by atoms with Crippen LogP contribution in [-0.4, -0.2) is 16.1 Å². The van der Waals surface area contributed by atoms with E-state index in [0.29, 0.717) is 11.4 Å². The molecule has 0 atom stereocenters. The predicted molar refractivity (Wildman–Crippen MR) is 98.8 cm³/mol. The zero-order chi connectivity index (χ0) is 18.5. The van der Waals surface area contributed by atoms with Crippen molar-refractivity contribution in [3.63, 3.8) is 0 Å². The quantitative estimate of drug-likeness (QED) is 0.732. The van der Waals surface area contributed by atoms with E-state index in [2.05, 4.69) is 20.8 Å². The lowest BCUT2D eigenvalue weighted by Crippen LogP contribution is -2.24. The molecule has 1 amide bonds. The van der Waals surface area contributed by atoms with Gasteiger partial charge in [-0.3, -0.25) is 4.79 Å². The van der Waals surface area contributed by atoms with Gasteiger partial charge in [0.15, 0.2) is 11.5 Å². The molecule has 1 heterocycles. The van der Waals surface area contributed by atoms with Crippen molar-refractivity contribution < 1.29 is 9.18 Å². The molecule has 5 nitrogen and oxygen atoms in total. The van der Waals surface area contributed by atoms with Crippen molar-refractivity contribution in [2.45, 2.75) is 20.4 Å². The fourth-order valence-electron chi connectivity index (χ4n) is 2.57. The largest absolute Gasteiger partial charge is 0.346 e. The van der Waals surface area contributed by atoms with Crippen LogP contribution in [0, 0.1) is 19.7 Å². The first kappa shape index (κ1) is 17.5. The van der Waals surface area contributed by atoms with Gasteiger partial charge in [0.2, 0.25) is 0 Å². The second-order valence-electron chi connectivity index (χ2n) is 5.97. The molecular formula is C20H19FN4O. The molecule has 0 aliphatic carbocycles. The van der Waals surface area contributed by atoms with Crippen molar-refractivity contribution in [1.82, 2.24) is 15.5 Å². The van der Waals surface area contributed by atoms with Gasteiger partial charge < -0.3 is 10.6 Å². The number of aryl methyl sites for hydroxylation is 2. The third-order valence-electron chi connectivity index (χ3n) is 4.03. The van der Waals surface area contributed by atoms with Crippen LogP contribution in [0.1, 0.15) is 27.2 Å². The third kappa shape index (κ3) is 4.03. The van der Waals surface area contributed by atoms with Gasteiger partial charge in [-0.25, -0.2) is 4.39 Å². The summed E-state index contributed by atoms with van der Waals surface area (Å²) in [6.07, 6.45) is 0. The molecule has 0 radical (unpaired) electrons. The Morgan fingerprint density at radius 1 is 0.962 bits per heavy atom. The van der Waals surface area contributed by atoms with Crippen LogP contribution in [0.4, 0.5) is 15.9 Å². The minimum absolute atomic E-state index is 0.0929. The Balaban J connectivity index is 1.65. The summed E-state index contributed by atoms with van der Waals surface area (Å²) in [6, 6.07) is 15.6. The Hall–Kier alpha value is -3.28. The van der Waals surface area contributed by atoms with Crippen molar-refractivity contribution in [3.05, 3.63) is 82.8 Å². The van der Waals surface area contributed by atoms with Crippen LogP contribution in [-0.2, 0) is 6.54 Å². The number of carbonyl (C=O) groups is 1. The number of rotatable bonds is 5. The minimum atomic E-state index is -0.403. The molecule has 2 aromatic carbocycles. The fraction of sp³-hybridized carbons (Fsp3) is 0.150. The summed E-state index contributed by atoms with van der Waals surface area (Å²) in [5.41, 5.74) is 3.76. The zero-order valence-electron chi connectivity index (χ0n) is 14.6. The Bertz CT molecular complexity index is 905. The van der Waals surface area contributed by atoms with Crippen LogP contribution >= 0.6 is 0 Å². The van der Waals surface area contributed by atoms with Gasteiger partial charge >= 0.3 is 0 Å². The Kier molecular flexibility index (Phi) is 5.22. The van der Waals surface area contributed by atoms with Gasteiger partial charge in [0.25, 0.3) is 5.91 Å². The van der Waals surface area contributed by atoms with E-state index in [9.17, 15) is 9.18 Å². The maximum atomic E-state index is 13.6. The standard InChI is InChI=1S/C20H19FN4O/c1-13-6-5-7-14(2)19(13)23-18-11-10-17(24-25-18)20(26)22-12-15-8-3-4-9-16(15)21/h3-11H,12H2,1-2H3,(H,22,26)(H,23,25). The van der Waals surface area contributed by atoms with Crippen molar-refractivity contribution in [2.24, 2.45) is 0 Å². The van der Waals surface area contributed by atoms with E-state index < -0.39 is 5.91 Å². The lowest BCUT2D eigenvalue weighted by Gasteiger charge is -2.11. The smallest absolute Gasteiger partial charge is 0.272 e. The number of aromatic nitrogens is 2. The summed E-state index contributed by atoms with van der Waals surface area (Å²) in [6.45, 7) is 4.11. The molecular weight excluding hydrogens is 331 g/mol. The van der Waals surface area contributed by atoms with Gasteiger partial charge in [-0.1, -0.05) is 36.4 Å². The van der Waals surface area contributed by atoms with Gasteiger partial charge in [0, 0.05) is 17.8 Å². The first-order chi connectivity index (χ1) is 12.5. The molecule has 6 heteroatoms. The molecule has 0 bridgehead atoms. The molecule has 1 aromatic heterocycles. The van der Waals surface area contributed by atoms with Crippen LogP contribution in [0.3, 0.4) is 0 Å². The van der Waals surface area contributed by atoms with Gasteiger partial charge in [0.05, 0.1) is 0 Å². The number of hydrogen-bond donors (Lipinski definition) is 2. The van der Waals surface area contributed by atoms with Crippen molar-refractivity contribution in [3.8, 4) is 0 Å². The van der Waals surface area contributed by atoms with Gasteiger partial charge in [-0.05, 0) is 43.2 Å². The number of para-hydroxylation sites is 1. The topological polar surface area (TPSA) is 66.9 Å². The molecule has 2 N–H and O–H groups in total. The number of nitrogens with zero attached hydrogens (tertiary/aromatic N) is 2. The molecule has 0 saturated carbocycles. The molecule has 0 aliphatic rings. The van der Waals surface area contributed by atoms with Crippen molar-refractivity contribution in [2.75, 3.05) is 5.32 Å². The average Bonchev–Trinajstić information content (AvgIpc) is 2.64. The van der Waals surface area contributed by atoms with E-state index in [1.54, 1.807) is 30.3 Å². The maximum absolute atomic E-state index is 13.6. The summed E-state index contributed by atoms with van der Waals surface area (Å²) in [4.78, 5) is 12.2. The summed E-state index contributed by atoms with van der Waals surface area (Å²) in [5, 5.41) is 13.9. The molecule has 0 saturated heterocycles. The zero-order valence-corrected chi connectivity index (χ0v) is 14.6. The molecule has 0 aliphatic heterocycles. The number of benzene rings is 2. The van der Waals surface area contributed by atoms with E-state index >= 15 is 0 Å². The van der Waals surface area contributed by atoms with Crippen molar-refractivity contribution in [1.29, 1.82) is 0 Å². The highest BCUT2D eigenvalue weighted by Gasteiger charge is 2.10. The monoisotopic (exact) mass is 350 g/mol. The first-order valence-electron chi connectivity index (χ1n) is 8.23. The highest BCUT2D eigenvalue weighted by Crippen LogP contribution is 2.22. The maximum Gasteiger partial charge on any atom is 0.272 e. The SMILES string of the molecule is Cc1cccc(C)c1Nc1ccc(C(=O)NCc2ccccc2F)nn1. The number of amides is 1. The lowest BCUT2D eigenvalue weighted by molar-refractivity contribution is 0.0944. The third-order valence-corrected chi connectivity index (χ3v) is 4.03. The predicted octanol–water partition coefficient (Wildman–Crippen LogP) is 3.91. The van der Waals surface area contributed by atoms with E-state index in [4.69, 9.17) is 0 Å². The second-order valence-corrected chi connectivity index (χ2v) is 5.97. The fourth-order valence-corrected chi connectivity index (χ4v) is 2.57. The minimum Gasteiger partial charge on any atom is -0.346 e. The van der Waals surface area contributed by atoms with Crippen LogP contribution < -0.4 is 10.6 Å². The van der Waals surface area contributed by atoms with Crippen molar-refractivity contribution >= 4 is 17.4 Å². The summed E-state index contributed by atoms with van der Waals surface area (Å²) in [7, 11) is 0. The van der Waals surface area contributed by atoms with Crippen LogP contribution in [0.15, 0.2) is 54.6 Å². The highest BCUT2D eigenvalue weighted by molar-refractivity contribution is 5.92. The summed E-state index contributed by atoms with van der Waals surface area (Å²) >= 11 is 0. The number of nitrogens with one attached hydrogen (secondary N) is 2. The number of hydrogen-bond acceptors (Lipinski definition) is 4. The van der Waals surface area contributed by atoms with Crippen LogP contribution in [0.5, 0.6) is 0 Å². The van der Waals surface area contributed by atoms with E-state index in [0.717, 1.165) is 16.8 Å². The second kappa shape index (κ2) is 7.74. The Morgan fingerprint density at radius 3 is 2.35 bits per heavy atom. The van der Waals surface area contributed by atoms with Gasteiger partial charge in [-0.2, -0.15) is 0 Å². The highest BCUT2D eigenvalue weighted by atomic mass is 19.1. The number of anilines is 2. The lowest BCUT2D eigenvalue weighted by atomic mass is 10.1. The summed E-state index contributed by atoms with van der Waals surface area (Å²) in [5.74, 6) is -0.209. The Morgan fingerprint density at radius 2 is 1.69 bits per heavy atom. The Labute approximate surface area is 151 Å². The van der Waals surface area contributed by atoms with E-state index in [1.807, 2.05) is 32.0 Å². The average molecular weight is 350 g/mol. The van der Waals surface area contributed by atoms with Crippen LogP contribution in [0.2, 0.25) is 0 Å². The molecule has 0 spiro atoms. The van der Waals surface area contributed by atoms with Gasteiger partial charge in [0.1, 0.15) is 5.82 Å². The van der Waals surface area contributed by atoms with Gasteiger partial charge in [-0.15, -0.1) is 10.2 Å². The van der Waals surface area contributed by atoms with E-state index in [1.165, 1.54) is 6.07 Å². The number of halogens is 1. The van der Waals surface area contributed by atoms with Crippen LogP contribution in [0.25, 0.3) is 0 Å². The molecule has 3 rings (SSSR count). The van der Waals surface area contributed by atoms with E-state index in [-0.39, 0.29) is 18.1 Å². The number of carbonyl (C=O) groups excluding carboxylic acids is 1. The first-order valence-corrected chi connectivity index (χ1v) is 8.23.